The number of amides is 2. The van der Waals surface area contributed by atoms with E-state index in [2.05, 4.69) is 9.97 Å². The van der Waals surface area contributed by atoms with Crippen LogP contribution in [0.2, 0.25) is 0 Å². The molecule has 1 aromatic heterocycles. The zero-order valence-corrected chi connectivity index (χ0v) is 14.2. The molecule has 0 radical (unpaired) electrons. The second-order valence-electron chi connectivity index (χ2n) is 6.75. The molecule has 1 atom stereocenters. The Morgan fingerprint density at radius 2 is 2.04 bits per heavy atom. The van der Waals surface area contributed by atoms with E-state index in [9.17, 15) is 9.59 Å². The minimum atomic E-state index is -0.280. The van der Waals surface area contributed by atoms with Crippen molar-refractivity contribution in [1.82, 2.24) is 14.9 Å². The highest BCUT2D eigenvalue weighted by Gasteiger charge is 2.38. The van der Waals surface area contributed by atoms with Crippen LogP contribution >= 0.6 is 0 Å². The fourth-order valence-corrected chi connectivity index (χ4v) is 3.54. The molecule has 1 aromatic carbocycles. The average molecular weight is 336 g/mol. The number of aryl methyl sites for hydroxylation is 1. The molecule has 2 aliphatic heterocycles. The Hall–Kier alpha value is -2.76. The number of anilines is 1. The van der Waals surface area contributed by atoms with Crippen LogP contribution in [-0.4, -0.2) is 39.8 Å². The molecule has 6 heteroatoms. The second kappa shape index (κ2) is 6.27. The molecule has 0 aliphatic carbocycles. The number of benzene rings is 1. The Balaban J connectivity index is 1.47. The lowest BCUT2D eigenvalue weighted by molar-refractivity contribution is -0.136. The van der Waals surface area contributed by atoms with E-state index in [0.717, 1.165) is 28.9 Å². The van der Waals surface area contributed by atoms with Crippen LogP contribution < -0.4 is 4.90 Å². The van der Waals surface area contributed by atoms with Crippen molar-refractivity contribution < 1.29 is 9.59 Å². The summed E-state index contributed by atoms with van der Waals surface area (Å²) in [4.78, 5) is 37.2. The number of nitrogens with zero attached hydrogens (tertiary/aromatic N) is 4. The van der Waals surface area contributed by atoms with Crippen LogP contribution in [-0.2, 0) is 22.6 Å². The molecule has 128 valence electrons. The van der Waals surface area contributed by atoms with Crippen LogP contribution in [0.3, 0.4) is 0 Å². The highest BCUT2D eigenvalue weighted by Crippen LogP contribution is 2.28. The van der Waals surface area contributed by atoms with Crippen molar-refractivity contribution >= 4 is 17.5 Å². The first-order chi connectivity index (χ1) is 12.1. The van der Waals surface area contributed by atoms with Gasteiger partial charge in [-0.2, -0.15) is 0 Å². The molecule has 1 saturated heterocycles. The van der Waals surface area contributed by atoms with Crippen molar-refractivity contribution in [2.24, 2.45) is 5.92 Å². The number of hydrogen-bond acceptors (Lipinski definition) is 4. The molecule has 0 N–H and O–H groups in total. The quantitative estimate of drug-likeness (QED) is 0.837. The normalized spacial score (nSPS) is 19.9. The van der Waals surface area contributed by atoms with Crippen LogP contribution in [0.5, 0.6) is 0 Å². The maximum Gasteiger partial charge on any atom is 0.228 e. The number of hydrogen-bond donors (Lipinski definition) is 0. The van der Waals surface area contributed by atoms with Gasteiger partial charge in [0, 0.05) is 31.4 Å². The lowest BCUT2D eigenvalue weighted by Crippen LogP contribution is -2.41. The number of carbonyl (C=O) groups is 2. The van der Waals surface area contributed by atoms with Gasteiger partial charge in [0.25, 0.3) is 0 Å². The summed E-state index contributed by atoms with van der Waals surface area (Å²) < 4.78 is 0. The summed E-state index contributed by atoms with van der Waals surface area (Å²) in [5, 5.41) is 0. The standard InChI is InChI=1S/C19H20N4O2/c1-13-2-4-16(5-3-13)23-10-15(8-18(23)24)19(25)22-7-6-14-9-20-12-21-17(14)11-22/h2-5,9,12,15H,6-8,10-11H2,1H3/t15-/m1/s1. The van der Waals surface area contributed by atoms with Gasteiger partial charge in [-0.1, -0.05) is 17.7 Å². The third-order valence-corrected chi connectivity index (χ3v) is 5.00. The number of rotatable bonds is 2. The second-order valence-corrected chi connectivity index (χ2v) is 6.75. The van der Waals surface area contributed by atoms with Crippen LogP contribution in [0.1, 0.15) is 23.2 Å². The van der Waals surface area contributed by atoms with Crippen LogP contribution in [0.4, 0.5) is 5.69 Å². The molecule has 6 nitrogen and oxygen atoms in total. The maximum absolute atomic E-state index is 12.9. The van der Waals surface area contributed by atoms with E-state index in [1.165, 1.54) is 6.33 Å². The van der Waals surface area contributed by atoms with E-state index >= 15 is 0 Å². The minimum Gasteiger partial charge on any atom is -0.336 e. The van der Waals surface area contributed by atoms with E-state index in [1.54, 1.807) is 4.90 Å². The summed E-state index contributed by atoms with van der Waals surface area (Å²) in [6.07, 6.45) is 4.39. The van der Waals surface area contributed by atoms with E-state index in [1.807, 2.05) is 42.3 Å². The Kier molecular flexibility index (Phi) is 3.95. The van der Waals surface area contributed by atoms with Gasteiger partial charge < -0.3 is 9.80 Å². The van der Waals surface area contributed by atoms with Crippen molar-refractivity contribution in [3.63, 3.8) is 0 Å². The third kappa shape index (κ3) is 2.99. The topological polar surface area (TPSA) is 66.4 Å². The predicted octanol–water partition coefficient (Wildman–Crippen LogP) is 1.72. The van der Waals surface area contributed by atoms with E-state index < -0.39 is 0 Å². The summed E-state index contributed by atoms with van der Waals surface area (Å²) >= 11 is 0. The Labute approximate surface area is 146 Å². The van der Waals surface area contributed by atoms with E-state index in [4.69, 9.17) is 0 Å². The molecule has 0 spiro atoms. The molecular formula is C19H20N4O2. The molecule has 3 heterocycles. The SMILES string of the molecule is Cc1ccc(N2C[C@H](C(=O)N3CCc4cncnc4C3)CC2=O)cc1. The molecule has 2 aromatic rings. The highest BCUT2D eigenvalue weighted by molar-refractivity contribution is 6.00. The largest absolute Gasteiger partial charge is 0.336 e. The summed E-state index contributed by atoms with van der Waals surface area (Å²) in [5.41, 5.74) is 4.03. The number of aromatic nitrogens is 2. The highest BCUT2D eigenvalue weighted by atomic mass is 16.2. The smallest absolute Gasteiger partial charge is 0.228 e. The first-order valence-corrected chi connectivity index (χ1v) is 8.55. The summed E-state index contributed by atoms with van der Waals surface area (Å²) in [6.45, 7) is 3.63. The van der Waals surface area contributed by atoms with Crippen LogP contribution in [0, 0.1) is 12.8 Å². The zero-order valence-electron chi connectivity index (χ0n) is 14.2. The van der Waals surface area contributed by atoms with Gasteiger partial charge in [0.05, 0.1) is 18.2 Å². The molecule has 0 saturated carbocycles. The Bertz CT molecular complexity index is 818. The minimum absolute atomic E-state index is 0.0157. The summed E-state index contributed by atoms with van der Waals surface area (Å²) in [5.74, 6) is -0.216. The van der Waals surface area contributed by atoms with Crippen molar-refractivity contribution in [2.75, 3.05) is 18.0 Å². The molecule has 2 aliphatic rings. The van der Waals surface area contributed by atoms with Gasteiger partial charge >= 0.3 is 0 Å². The van der Waals surface area contributed by atoms with Gasteiger partial charge in [-0.25, -0.2) is 9.97 Å². The number of carbonyl (C=O) groups excluding carboxylic acids is 2. The molecular weight excluding hydrogens is 316 g/mol. The number of fused-ring (bicyclic) bond motifs is 1. The van der Waals surface area contributed by atoms with Crippen LogP contribution in [0.15, 0.2) is 36.8 Å². The Morgan fingerprint density at radius 1 is 1.24 bits per heavy atom. The van der Waals surface area contributed by atoms with Gasteiger partial charge in [-0.15, -0.1) is 0 Å². The van der Waals surface area contributed by atoms with Gasteiger partial charge in [0.2, 0.25) is 11.8 Å². The predicted molar refractivity (Wildman–Crippen MR) is 92.8 cm³/mol. The zero-order chi connectivity index (χ0) is 17.4. The van der Waals surface area contributed by atoms with Crippen molar-refractivity contribution in [3.05, 3.63) is 53.6 Å². The van der Waals surface area contributed by atoms with E-state index in [-0.39, 0.29) is 24.2 Å². The molecule has 4 rings (SSSR count). The van der Waals surface area contributed by atoms with Crippen molar-refractivity contribution in [3.8, 4) is 0 Å². The van der Waals surface area contributed by atoms with Crippen molar-refractivity contribution in [1.29, 1.82) is 0 Å². The fourth-order valence-electron chi connectivity index (χ4n) is 3.54. The van der Waals surface area contributed by atoms with Gasteiger partial charge in [0.1, 0.15) is 6.33 Å². The summed E-state index contributed by atoms with van der Waals surface area (Å²) in [7, 11) is 0. The third-order valence-electron chi connectivity index (χ3n) is 5.00. The van der Waals surface area contributed by atoms with Gasteiger partial charge in [-0.3, -0.25) is 9.59 Å². The molecule has 25 heavy (non-hydrogen) atoms. The summed E-state index contributed by atoms with van der Waals surface area (Å²) in [6, 6.07) is 7.85. The first-order valence-electron chi connectivity index (χ1n) is 8.55. The molecule has 0 bridgehead atoms. The lowest BCUT2D eigenvalue weighted by Gasteiger charge is -2.29. The monoisotopic (exact) mass is 336 g/mol. The Morgan fingerprint density at radius 3 is 2.84 bits per heavy atom. The fraction of sp³-hybridized carbons (Fsp3) is 0.368. The average Bonchev–Trinajstić information content (AvgIpc) is 3.03. The molecule has 2 amide bonds. The van der Waals surface area contributed by atoms with Crippen LogP contribution in [0.25, 0.3) is 0 Å². The van der Waals surface area contributed by atoms with Gasteiger partial charge in [-0.05, 0) is 31.0 Å². The first kappa shape index (κ1) is 15.7. The molecule has 0 unspecified atom stereocenters. The van der Waals surface area contributed by atoms with Crippen molar-refractivity contribution in [2.45, 2.75) is 26.3 Å². The maximum atomic E-state index is 12.9. The molecule has 1 fully saturated rings. The lowest BCUT2D eigenvalue weighted by atomic mass is 10.0. The van der Waals surface area contributed by atoms with Gasteiger partial charge in [0.15, 0.2) is 0 Å². The van der Waals surface area contributed by atoms with E-state index in [0.29, 0.717) is 19.6 Å².